The minimum Gasteiger partial charge on any atom is -0.325 e. The summed E-state index contributed by atoms with van der Waals surface area (Å²) in [6.07, 6.45) is 0. The lowest BCUT2D eigenvalue weighted by Gasteiger charge is -2.22. The number of sulfonamides is 2. The van der Waals surface area contributed by atoms with Crippen LogP contribution in [-0.2, 0) is 24.8 Å². The van der Waals surface area contributed by atoms with E-state index < -0.39 is 32.5 Å². The van der Waals surface area contributed by atoms with Gasteiger partial charge in [-0.25, -0.2) is 21.6 Å². The van der Waals surface area contributed by atoms with Gasteiger partial charge in [-0.15, -0.1) is 0 Å². The first-order chi connectivity index (χ1) is 13.9. The molecular weight excluding hydrogens is 426 g/mol. The summed E-state index contributed by atoms with van der Waals surface area (Å²) in [7, 11) is -6.25. The van der Waals surface area contributed by atoms with E-state index in [1.165, 1.54) is 19.2 Å². The maximum absolute atomic E-state index is 13.1. The molecule has 0 heterocycles. The molecular formula is C20H27N3O5S2. The molecule has 0 radical (unpaired) electrons. The van der Waals surface area contributed by atoms with Crippen molar-refractivity contribution in [2.45, 2.75) is 37.5 Å². The predicted octanol–water partition coefficient (Wildman–Crippen LogP) is 2.17. The van der Waals surface area contributed by atoms with Crippen LogP contribution in [0.5, 0.6) is 0 Å². The fourth-order valence-electron chi connectivity index (χ4n) is 2.86. The molecule has 10 heteroatoms. The molecule has 0 aliphatic rings. The number of aryl methyl sites for hydroxylation is 3. The highest BCUT2D eigenvalue weighted by Crippen LogP contribution is 2.23. The number of likely N-dealkylation sites (N-methyl/N-ethyl adjacent to an activating group) is 1. The number of carbonyl (C=O) groups is 1. The number of carbonyl (C=O) groups excluding carboxylic acids is 1. The molecule has 8 nitrogen and oxygen atoms in total. The summed E-state index contributed by atoms with van der Waals surface area (Å²) in [5, 5.41) is 2.62. The third-order valence-corrected chi connectivity index (χ3v) is 8.17. The Morgan fingerprint density at radius 2 is 1.60 bits per heavy atom. The van der Waals surface area contributed by atoms with Gasteiger partial charge < -0.3 is 5.32 Å². The number of hydrogen-bond donors (Lipinski definition) is 2. The number of amides is 1. The maximum Gasteiger partial charge on any atom is 0.243 e. The van der Waals surface area contributed by atoms with E-state index in [0.717, 1.165) is 9.87 Å². The molecule has 2 N–H and O–H groups in total. The third-order valence-electron chi connectivity index (χ3n) is 4.70. The number of nitrogens with zero attached hydrogens (tertiary/aromatic N) is 1. The van der Waals surface area contributed by atoms with Crippen molar-refractivity contribution in [3.63, 3.8) is 0 Å². The van der Waals surface area contributed by atoms with E-state index >= 15 is 0 Å². The van der Waals surface area contributed by atoms with Gasteiger partial charge in [0.1, 0.15) is 0 Å². The summed E-state index contributed by atoms with van der Waals surface area (Å²) < 4.78 is 53.5. The summed E-state index contributed by atoms with van der Waals surface area (Å²) in [5.74, 6) is -0.562. The van der Waals surface area contributed by atoms with Gasteiger partial charge in [0.25, 0.3) is 0 Å². The molecule has 0 saturated heterocycles. The smallest absolute Gasteiger partial charge is 0.243 e. The van der Waals surface area contributed by atoms with Crippen molar-refractivity contribution in [3.8, 4) is 0 Å². The van der Waals surface area contributed by atoms with Gasteiger partial charge in [-0.2, -0.15) is 4.31 Å². The van der Waals surface area contributed by atoms with Crippen LogP contribution in [-0.4, -0.2) is 47.2 Å². The molecule has 2 aromatic carbocycles. The Hall–Kier alpha value is -2.27. The van der Waals surface area contributed by atoms with E-state index in [9.17, 15) is 21.6 Å². The van der Waals surface area contributed by atoms with E-state index in [1.807, 2.05) is 6.07 Å². The second-order valence-electron chi connectivity index (χ2n) is 6.93. The van der Waals surface area contributed by atoms with Crippen LogP contribution in [0.1, 0.15) is 23.6 Å². The Labute approximate surface area is 178 Å². The average molecular weight is 454 g/mol. The van der Waals surface area contributed by atoms with E-state index in [-0.39, 0.29) is 16.3 Å². The van der Waals surface area contributed by atoms with Crippen molar-refractivity contribution in [2.75, 3.05) is 25.5 Å². The molecule has 1 amide bonds. The van der Waals surface area contributed by atoms with Crippen LogP contribution in [0.2, 0.25) is 0 Å². The van der Waals surface area contributed by atoms with Gasteiger partial charge in [0.15, 0.2) is 0 Å². The molecule has 164 valence electrons. The van der Waals surface area contributed by atoms with Crippen molar-refractivity contribution in [2.24, 2.45) is 0 Å². The Morgan fingerprint density at radius 1 is 0.967 bits per heavy atom. The molecule has 0 bridgehead atoms. The fourth-order valence-corrected chi connectivity index (χ4v) is 5.33. The molecule has 0 saturated carbocycles. The van der Waals surface area contributed by atoms with Crippen LogP contribution in [0.25, 0.3) is 0 Å². The molecule has 0 aliphatic heterocycles. The van der Waals surface area contributed by atoms with E-state index in [0.29, 0.717) is 16.8 Å². The summed E-state index contributed by atoms with van der Waals surface area (Å²) >= 11 is 0. The van der Waals surface area contributed by atoms with Gasteiger partial charge in [0, 0.05) is 12.2 Å². The van der Waals surface area contributed by atoms with E-state index in [1.54, 1.807) is 45.9 Å². The van der Waals surface area contributed by atoms with E-state index in [2.05, 4.69) is 10.0 Å². The van der Waals surface area contributed by atoms with Crippen molar-refractivity contribution in [1.82, 2.24) is 9.03 Å². The highest BCUT2D eigenvalue weighted by molar-refractivity contribution is 7.89. The summed E-state index contributed by atoms with van der Waals surface area (Å²) in [6.45, 7) is 6.59. The van der Waals surface area contributed by atoms with Gasteiger partial charge in [-0.3, -0.25) is 4.79 Å². The van der Waals surface area contributed by atoms with Gasteiger partial charge in [-0.05, 0) is 62.7 Å². The summed E-state index contributed by atoms with van der Waals surface area (Å²) in [4.78, 5) is 12.8. The van der Waals surface area contributed by atoms with Gasteiger partial charge >= 0.3 is 0 Å². The molecule has 2 rings (SSSR count). The monoisotopic (exact) mass is 453 g/mol. The van der Waals surface area contributed by atoms with Crippen molar-refractivity contribution < 1.29 is 21.6 Å². The second-order valence-corrected chi connectivity index (χ2v) is 10.7. The maximum atomic E-state index is 13.1. The van der Waals surface area contributed by atoms with Crippen LogP contribution in [0.3, 0.4) is 0 Å². The van der Waals surface area contributed by atoms with Crippen LogP contribution >= 0.6 is 0 Å². The van der Waals surface area contributed by atoms with Crippen LogP contribution in [0, 0.1) is 20.8 Å². The standard InChI is InChI=1S/C20H27N3O5S2/c1-6-23(30(27,28)19-11-14(2)7-8-16(19)4)13-20(24)22-18-12-17(10-9-15(18)3)29(25,26)21-5/h7-12,21H,6,13H2,1-5H3,(H,22,24). The number of nitrogens with one attached hydrogen (secondary N) is 2. The highest BCUT2D eigenvalue weighted by Gasteiger charge is 2.27. The Morgan fingerprint density at radius 3 is 2.20 bits per heavy atom. The largest absolute Gasteiger partial charge is 0.325 e. The van der Waals surface area contributed by atoms with Crippen molar-refractivity contribution in [1.29, 1.82) is 0 Å². The second kappa shape index (κ2) is 9.25. The molecule has 30 heavy (non-hydrogen) atoms. The van der Waals surface area contributed by atoms with Crippen LogP contribution < -0.4 is 10.0 Å². The summed E-state index contributed by atoms with van der Waals surface area (Å²) in [6, 6.07) is 9.49. The molecule has 0 aliphatic carbocycles. The lowest BCUT2D eigenvalue weighted by Crippen LogP contribution is -2.38. The Balaban J connectivity index is 2.28. The molecule has 0 atom stereocenters. The van der Waals surface area contributed by atoms with Crippen molar-refractivity contribution in [3.05, 3.63) is 53.1 Å². The molecule has 0 aromatic heterocycles. The van der Waals surface area contributed by atoms with Gasteiger partial charge in [0.05, 0.1) is 16.3 Å². The first-order valence-corrected chi connectivity index (χ1v) is 12.3. The van der Waals surface area contributed by atoms with Gasteiger partial charge in [0.2, 0.25) is 26.0 Å². The lowest BCUT2D eigenvalue weighted by atomic mass is 10.2. The SMILES string of the molecule is CCN(CC(=O)Nc1cc(S(=O)(=O)NC)ccc1C)S(=O)(=O)c1cc(C)ccc1C. The molecule has 0 spiro atoms. The molecule has 0 unspecified atom stereocenters. The first-order valence-electron chi connectivity index (χ1n) is 9.33. The number of anilines is 1. The fraction of sp³-hybridized carbons (Fsp3) is 0.350. The van der Waals surface area contributed by atoms with Crippen LogP contribution in [0.15, 0.2) is 46.2 Å². The Kier molecular flexibility index (Phi) is 7.40. The average Bonchev–Trinajstić information content (AvgIpc) is 2.69. The zero-order chi connectivity index (χ0) is 22.7. The summed E-state index contributed by atoms with van der Waals surface area (Å²) in [5.41, 5.74) is 2.36. The first kappa shape index (κ1) is 24.0. The third kappa shape index (κ3) is 5.25. The topological polar surface area (TPSA) is 113 Å². The predicted molar refractivity (Wildman–Crippen MR) is 116 cm³/mol. The van der Waals surface area contributed by atoms with Crippen LogP contribution in [0.4, 0.5) is 5.69 Å². The zero-order valence-corrected chi connectivity index (χ0v) is 19.3. The van der Waals surface area contributed by atoms with E-state index in [4.69, 9.17) is 0 Å². The highest BCUT2D eigenvalue weighted by atomic mass is 32.2. The normalized spacial score (nSPS) is 12.2. The lowest BCUT2D eigenvalue weighted by molar-refractivity contribution is -0.116. The van der Waals surface area contributed by atoms with Gasteiger partial charge in [-0.1, -0.05) is 25.1 Å². The molecule has 0 fully saturated rings. The zero-order valence-electron chi connectivity index (χ0n) is 17.7. The minimum absolute atomic E-state index is 0.00116. The number of rotatable bonds is 8. The Bertz CT molecular complexity index is 1160. The minimum atomic E-state index is -3.87. The number of hydrogen-bond acceptors (Lipinski definition) is 5. The van der Waals surface area contributed by atoms with Crippen molar-refractivity contribution >= 4 is 31.6 Å². The molecule has 2 aromatic rings. The quantitative estimate of drug-likeness (QED) is 0.636. The number of benzene rings is 2.